The fourth-order valence-electron chi connectivity index (χ4n) is 11.3. The summed E-state index contributed by atoms with van der Waals surface area (Å²) in [6.45, 7) is 7.18. The minimum atomic E-state index is -0.0410. The Hall–Kier alpha value is -4.87. The van der Waals surface area contributed by atoms with Crippen molar-refractivity contribution in [3.63, 3.8) is 0 Å². The molecule has 4 aliphatic carbocycles. The molecule has 6 aliphatic rings. The van der Waals surface area contributed by atoms with Crippen molar-refractivity contribution in [2.45, 2.75) is 67.3 Å². The average Bonchev–Trinajstić information content (AvgIpc) is 3.45. The van der Waals surface area contributed by atoms with Crippen molar-refractivity contribution in [2.24, 2.45) is 11.8 Å². The van der Waals surface area contributed by atoms with Gasteiger partial charge in [-0.3, -0.25) is 0 Å². The molecule has 3 heteroatoms. The first kappa shape index (κ1) is 36.2. The molecule has 4 unspecified atom stereocenters. The van der Waals surface area contributed by atoms with Gasteiger partial charge in [-0.15, -0.1) is 0 Å². The Bertz CT molecular complexity index is 2670. The third-order valence-corrected chi connectivity index (χ3v) is 16.0. The molecule has 2 heterocycles. The Kier molecular flexibility index (Phi) is 8.84. The van der Waals surface area contributed by atoms with E-state index in [0.717, 1.165) is 25.9 Å². The number of para-hydroxylation sites is 1. The number of nitrogens with zero attached hydrogens (tertiary/aromatic N) is 2. The molecule has 0 spiro atoms. The lowest BCUT2D eigenvalue weighted by Gasteiger charge is -2.45. The summed E-state index contributed by atoms with van der Waals surface area (Å²) in [6.07, 6.45) is 31.1. The molecule has 5 aromatic carbocycles. The van der Waals surface area contributed by atoms with Crippen LogP contribution in [0.4, 0.5) is 5.69 Å². The number of hydrogen-bond acceptors (Lipinski definition) is 2. The smallest absolute Gasteiger partial charge is 0.0728 e. The van der Waals surface area contributed by atoms with Crippen LogP contribution in [-0.4, -0.2) is 24.0 Å². The van der Waals surface area contributed by atoms with Crippen LogP contribution in [0, 0.1) is 11.8 Å². The van der Waals surface area contributed by atoms with Gasteiger partial charge in [0.05, 0.1) is 9.46 Å². The van der Waals surface area contributed by atoms with Crippen LogP contribution in [0.3, 0.4) is 0 Å². The second kappa shape index (κ2) is 14.2. The Morgan fingerprint density at radius 3 is 2.53 bits per heavy atom. The third-order valence-electron chi connectivity index (χ3n) is 14.4. The topological polar surface area (TPSA) is 6.48 Å². The first-order valence-electron chi connectivity index (χ1n) is 21.6. The molecule has 0 radical (unpaired) electrons. The predicted octanol–water partition coefficient (Wildman–Crippen LogP) is 13.6. The van der Waals surface area contributed by atoms with E-state index in [0.29, 0.717) is 17.9 Å². The van der Waals surface area contributed by atoms with Crippen molar-refractivity contribution >= 4 is 57.3 Å². The minimum Gasteiger partial charge on any atom is -0.365 e. The van der Waals surface area contributed by atoms with Crippen LogP contribution >= 0.6 is 22.6 Å². The van der Waals surface area contributed by atoms with E-state index in [9.17, 15) is 0 Å². The number of hydrogen-bond donors (Lipinski definition) is 0. The van der Waals surface area contributed by atoms with Gasteiger partial charge in [0, 0.05) is 42.0 Å². The third kappa shape index (κ3) is 5.94. The molecule has 11 rings (SSSR count). The van der Waals surface area contributed by atoms with Crippen LogP contribution in [0.2, 0.25) is 0 Å². The molecule has 58 heavy (non-hydrogen) atoms. The number of anilines is 1. The molecule has 2 aliphatic heterocycles. The minimum absolute atomic E-state index is 0.00737. The van der Waals surface area contributed by atoms with Gasteiger partial charge in [-0.05, 0) is 123 Å². The maximum absolute atomic E-state index is 2.76. The summed E-state index contributed by atoms with van der Waals surface area (Å²) in [6, 6.07) is 37.4. The van der Waals surface area contributed by atoms with Gasteiger partial charge in [0.25, 0.3) is 0 Å². The summed E-state index contributed by atoms with van der Waals surface area (Å²) in [5, 5.41) is 2.60. The molecule has 0 saturated carbocycles. The molecule has 1 fully saturated rings. The Morgan fingerprint density at radius 2 is 1.60 bits per heavy atom. The van der Waals surface area contributed by atoms with Crippen molar-refractivity contribution in [1.29, 1.82) is 0 Å². The SMILES string of the molecule is CC1(C)c2cc(/C=C/c3ccc(-c4ccc5c(c4)CCC(N4CCCc6ccccc64)=C5)c4ccccc34)ccc2C2(I)C=CC(N3CCCC4C=CC=CC43)=CC12. The highest BCUT2D eigenvalue weighted by molar-refractivity contribution is 14.1. The molecule has 2 nitrogen and oxygen atoms in total. The molecular formula is C55H51IN2. The lowest BCUT2D eigenvalue weighted by Crippen LogP contribution is -2.44. The molecular weight excluding hydrogens is 816 g/mol. The van der Waals surface area contributed by atoms with Crippen LogP contribution < -0.4 is 4.90 Å². The highest BCUT2D eigenvalue weighted by Gasteiger charge is 2.54. The maximum atomic E-state index is 2.76. The second-order valence-electron chi connectivity index (χ2n) is 18.0. The van der Waals surface area contributed by atoms with E-state index in [1.165, 1.54) is 104 Å². The second-order valence-corrected chi connectivity index (χ2v) is 19.8. The van der Waals surface area contributed by atoms with Crippen LogP contribution in [0.5, 0.6) is 0 Å². The zero-order valence-electron chi connectivity index (χ0n) is 33.7. The van der Waals surface area contributed by atoms with Gasteiger partial charge in [0.15, 0.2) is 0 Å². The van der Waals surface area contributed by atoms with Gasteiger partial charge >= 0.3 is 0 Å². The largest absolute Gasteiger partial charge is 0.365 e. The summed E-state index contributed by atoms with van der Waals surface area (Å²) in [5.74, 6) is 1.01. The van der Waals surface area contributed by atoms with Crippen molar-refractivity contribution in [1.82, 2.24) is 4.90 Å². The predicted molar refractivity (Wildman–Crippen MR) is 254 cm³/mol. The zero-order chi connectivity index (χ0) is 39.0. The lowest BCUT2D eigenvalue weighted by atomic mass is 9.73. The number of piperidine rings is 1. The number of fused-ring (bicyclic) bond motifs is 7. The first-order valence-corrected chi connectivity index (χ1v) is 22.7. The van der Waals surface area contributed by atoms with Crippen LogP contribution in [0.15, 0.2) is 151 Å². The number of alkyl halides is 1. The summed E-state index contributed by atoms with van der Waals surface area (Å²) < 4.78 is -0.0410. The molecule has 5 aromatic rings. The van der Waals surface area contributed by atoms with Crippen LogP contribution in [0.25, 0.3) is 40.1 Å². The average molecular weight is 867 g/mol. The van der Waals surface area contributed by atoms with E-state index in [1.54, 1.807) is 0 Å². The molecule has 0 bridgehead atoms. The molecule has 0 aromatic heterocycles. The van der Waals surface area contributed by atoms with E-state index in [-0.39, 0.29) is 8.84 Å². The molecule has 0 N–H and O–H groups in total. The van der Waals surface area contributed by atoms with Crippen molar-refractivity contribution in [3.05, 3.63) is 190 Å². The van der Waals surface area contributed by atoms with E-state index < -0.39 is 0 Å². The number of allylic oxidation sites excluding steroid dienone is 6. The standard InChI is InChI=1S/C55H51IN2/c1-54(2)50-33-37(20-28-49(50)55(56)30-29-45(36-53(54)55)58-32-10-14-40-12-4-8-18-52(40)58)19-21-38-25-27-47(48-16-6-5-15-46(38)48)43-23-22-42-35-44(26-24-41(42)34-43)57-31-9-13-39-11-3-7-17-51(39)57/h3-8,11-12,15-23,25,27-30,33-36,40,52-53H,9-10,13-14,24,26,31-32H2,1-2H3/b21-19+. The maximum Gasteiger partial charge on any atom is 0.0728 e. The van der Waals surface area contributed by atoms with Gasteiger partial charge < -0.3 is 9.80 Å². The van der Waals surface area contributed by atoms with E-state index >= 15 is 0 Å². The summed E-state index contributed by atoms with van der Waals surface area (Å²) in [4.78, 5) is 5.25. The van der Waals surface area contributed by atoms with Crippen molar-refractivity contribution in [2.75, 3.05) is 18.0 Å². The van der Waals surface area contributed by atoms with Gasteiger partial charge in [0.1, 0.15) is 0 Å². The number of likely N-dealkylation sites (tertiary alicyclic amines) is 1. The number of halogens is 1. The van der Waals surface area contributed by atoms with Gasteiger partial charge in [-0.1, -0.05) is 176 Å². The number of benzene rings is 5. The lowest BCUT2D eigenvalue weighted by molar-refractivity contribution is 0.189. The fraction of sp³-hybridized carbons (Fsp3) is 0.273. The summed E-state index contributed by atoms with van der Waals surface area (Å²) >= 11 is 2.76. The normalized spacial score (nSPS) is 25.2. The van der Waals surface area contributed by atoms with Crippen molar-refractivity contribution in [3.8, 4) is 11.1 Å². The number of aryl methyl sites for hydroxylation is 2. The van der Waals surface area contributed by atoms with Crippen molar-refractivity contribution < 1.29 is 0 Å². The van der Waals surface area contributed by atoms with E-state index in [4.69, 9.17) is 0 Å². The van der Waals surface area contributed by atoms with E-state index in [2.05, 4.69) is 204 Å². The molecule has 4 atom stereocenters. The highest BCUT2D eigenvalue weighted by atomic mass is 127. The highest BCUT2D eigenvalue weighted by Crippen LogP contribution is 2.61. The monoisotopic (exact) mass is 866 g/mol. The number of rotatable bonds is 5. The summed E-state index contributed by atoms with van der Waals surface area (Å²) in [7, 11) is 0. The summed E-state index contributed by atoms with van der Waals surface area (Å²) in [5.41, 5.74) is 16.6. The van der Waals surface area contributed by atoms with Gasteiger partial charge in [0.2, 0.25) is 0 Å². The Balaban J connectivity index is 0.866. The van der Waals surface area contributed by atoms with Crippen LogP contribution in [-0.2, 0) is 21.7 Å². The van der Waals surface area contributed by atoms with Crippen LogP contribution in [0.1, 0.15) is 78.5 Å². The quantitative estimate of drug-likeness (QED) is 0.0987. The first-order chi connectivity index (χ1) is 28.3. The molecule has 1 saturated heterocycles. The van der Waals surface area contributed by atoms with Gasteiger partial charge in [-0.2, -0.15) is 0 Å². The Morgan fingerprint density at radius 1 is 0.741 bits per heavy atom. The van der Waals surface area contributed by atoms with E-state index in [1.807, 2.05) is 0 Å². The van der Waals surface area contributed by atoms with Gasteiger partial charge in [-0.25, -0.2) is 0 Å². The molecule has 0 amide bonds. The Labute approximate surface area is 358 Å². The zero-order valence-corrected chi connectivity index (χ0v) is 35.8. The fourth-order valence-corrected chi connectivity index (χ4v) is 12.9. The molecule has 288 valence electrons.